The Morgan fingerprint density at radius 1 is 1.12 bits per heavy atom. The van der Waals surface area contributed by atoms with E-state index < -0.39 is 0 Å². The standard InChI is InChI=1S/C26H25N3O3S/c1-17-15-21-24(13-14-27-25(21)29(17)33-20-7-5-4-6-8-20)32-19-11-9-18-10-12-22(26(30)31-3)28(2)23(18)16-19/h4-9,11,13-16,22H,10,12H2,1-3H3. The van der Waals surface area contributed by atoms with Crippen molar-refractivity contribution in [2.45, 2.75) is 30.7 Å². The van der Waals surface area contributed by atoms with Gasteiger partial charge in [-0.15, -0.1) is 0 Å². The number of fused-ring (bicyclic) bond motifs is 2. The van der Waals surface area contributed by atoms with Crippen LogP contribution in [0.5, 0.6) is 11.5 Å². The van der Waals surface area contributed by atoms with Gasteiger partial charge in [0, 0.05) is 35.6 Å². The van der Waals surface area contributed by atoms with Gasteiger partial charge in [-0.25, -0.2) is 9.78 Å². The van der Waals surface area contributed by atoms with Crippen LogP contribution >= 0.6 is 11.9 Å². The molecule has 1 atom stereocenters. The van der Waals surface area contributed by atoms with Gasteiger partial charge in [-0.1, -0.05) is 24.3 Å². The van der Waals surface area contributed by atoms with Gasteiger partial charge in [-0.3, -0.25) is 3.97 Å². The van der Waals surface area contributed by atoms with Gasteiger partial charge >= 0.3 is 5.97 Å². The van der Waals surface area contributed by atoms with Gasteiger partial charge in [0.15, 0.2) is 5.65 Å². The number of aromatic nitrogens is 2. The highest BCUT2D eigenvalue weighted by Gasteiger charge is 2.30. The van der Waals surface area contributed by atoms with Crippen molar-refractivity contribution in [1.29, 1.82) is 0 Å². The maximum Gasteiger partial charge on any atom is 0.328 e. The van der Waals surface area contributed by atoms with Gasteiger partial charge in [0.2, 0.25) is 0 Å². The van der Waals surface area contributed by atoms with Crippen LogP contribution in [0.4, 0.5) is 5.69 Å². The van der Waals surface area contributed by atoms with Gasteiger partial charge in [0.05, 0.1) is 12.5 Å². The van der Waals surface area contributed by atoms with E-state index >= 15 is 0 Å². The second-order valence-corrected chi connectivity index (χ2v) is 9.13. The summed E-state index contributed by atoms with van der Waals surface area (Å²) in [5.74, 6) is 1.26. The zero-order valence-corrected chi connectivity index (χ0v) is 19.6. The number of nitrogens with zero attached hydrogens (tertiary/aromatic N) is 3. The molecule has 2 aromatic heterocycles. The molecule has 0 bridgehead atoms. The number of hydrogen-bond acceptors (Lipinski definition) is 6. The number of hydrogen-bond donors (Lipinski definition) is 0. The van der Waals surface area contributed by atoms with Gasteiger partial charge in [-0.05, 0) is 67.6 Å². The van der Waals surface area contributed by atoms with Gasteiger partial charge in [-0.2, -0.15) is 0 Å². The van der Waals surface area contributed by atoms with E-state index in [4.69, 9.17) is 9.47 Å². The van der Waals surface area contributed by atoms with Crippen molar-refractivity contribution in [3.8, 4) is 11.5 Å². The smallest absolute Gasteiger partial charge is 0.328 e. The zero-order valence-electron chi connectivity index (χ0n) is 18.8. The quantitative estimate of drug-likeness (QED) is 0.361. The summed E-state index contributed by atoms with van der Waals surface area (Å²) < 4.78 is 13.4. The number of benzene rings is 2. The normalized spacial score (nSPS) is 15.4. The van der Waals surface area contributed by atoms with Crippen LogP contribution in [-0.4, -0.2) is 35.1 Å². The predicted molar refractivity (Wildman–Crippen MR) is 131 cm³/mol. The fourth-order valence-corrected chi connectivity index (χ4v) is 5.23. The Balaban J connectivity index is 1.46. The lowest BCUT2D eigenvalue weighted by Crippen LogP contribution is -2.42. The second-order valence-electron chi connectivity index (χ2n) is 8.11. The Kier molecular flexibility index (Phi) is 5.72. The van der Waals surface area contributed by atoms with Crippen molar-refractivity contribution in [2.75, 3.05) is 19.1 Å². The number of likely N-dealkylation sites (N-methyl/N-ethyl adjacent to an activating group) is 1. The van der Waals surface area contributed by atoms with Crippen LogP contribution in [0.1, 0.15) is 17.7 Å². The molecular weight excluding hydrogens is 434 g/mol. The van der Waals surface area contributed by atoms with Crippen LogP contribution in [-0.2, 0) is 16.0 Å². The van der Waals surface area contributed by atoms with Crippen LogP contribution in [0.15, 0.2) is 71.8 Å². The molecule has 1 aliphatic rings. The molecule has 168 valence electrons. The highest BCUT2D eigenvalue weighted by Crippen LogP contribution is 2.38. The van der Waals surface area contributed by atoms with Crippen LogP contribution in [0.25, 0.3) is 11.0 Å². The number of pyridine rings is 1. The summed E-state index contributed by atoms with van der Waals surface area (Å²) in [6.07, 6.45) is 3.35. The third-order valence-corrected chi connectivity index (χ3v) is 7.15. The van der Waals surface area contributed by atoms with Crippen molar-refractivity contribution >= 4 is 34.6 Å². The maximum atomic E-state index is 12.2. The summed E-state index contributed by atoms with van der Waals surface area (Å²) in [6, 6.07) is 20.0. The summed E-state index contributed by atoms with van der Waals surface area (Å²) in [7, 11) is 3.36. The average Bonchev–Trinajstić information content (AvgIpc) is 3.16. The van der Waals surface area contributed by atoms with E-state index in [9.17, 15) is 4.79 Å². The van der Waals surface area contributed by atoms with Crippen LogP contribution < -0.4 is 9.64 Å². The van der Waals surface area contributed by atoms with E-state index in [-0.39, 0.29) is 12.0 Å². The highest BCUT2D eigenvalue weighted by atomic mass is 32.2. The Morgan fingerprint density at radius 3 is 2.73 bits per heavy atom. The molecule has 0 fully saturated rings. The number of rotatable bonds is 5. The van der Waals surface area contributed by atoms with E-state index in [0.717, 1.165) is 51.7 Å². The molecule has 4 aromatic rings. The molecule has 0 radical (unpaired) electrons. The van der Waals surface area contributed by atoms with Gasteiger partial charge in [0.25, 0.3) is 0 Å². The maximum absolute atomic E-state index is 12.2. The molecule has 5 rings (SSSR count). The molecule has 0 saturated carbocycles. The number of carbonyl (C=O) groups is 1. The minimum Gasteiger partial charge on any atom is -0.467 e. The molecule has 0 N–H and O–H groups in total. The molecular formula is C26H25N3O3S. The number of carbonyl (C=O) groups excluding carboxylic acids is 1. The van der Waals surface area contributed by atoms with E-state index in [0.29, 0.717) is 0 Å². The minimum atomic E-state index is -0.280. The first-order valence-corrected chi connectivity index (χ1v) is 11.6. The molecule has 3 heterocycles. The topological polar surface area (TPSA) is 56.6 Å². The fourth-order valence-electron chi connectivity index (χ4n) is 4.31. The highest BCUT2D eigenvalue weighted by molar-refractivity contribution is 7.98. The van der Waals surface area contributed by atoms with Crippen LogP contribution in [0, 0.1) is 6.92 Å². The predicted octanol–water partition coefficient (Wildman–Crippen LogP) is 5.62. The summed E-state index contributed by atoms with van der Waals surface area (Å²) in [5.41, 5.74) is 4.15. The molecule has 0 aliphatic carbocycles. The molecule has 33 heavy (non-hydrogen) atoms. The first kappa shape index (κ1) is 21.4. The largest absolute Gasteiger partial charge is 0.467 e. The van der Waals surface area contributed by atoms with Crippen LogP contribution in [0.2, 0.25) is 0 Å². The van der Waals surface area contributed by atoms with Gasteiger partial charge < -0.3 is 14.4 Å². The third kappa shape index (κ3) is 4.04. The monoisotopic (exact) mass is 459 g/mol. The molecule has 0 saturated heterocycles. The molecule has 6 nitrogen and oxygen atoms in total. The molecule has 0 amide bonds. The van der Waals surface area contributed by atoms with Gasteiger partial charge in [0.1, 0.15) is 17.5 Å². The Morgan fingerprint density at radius 2 is 1.94 bits per heavy atom. The van der Waals surface area contributed by atoms with E-state index in [1.165, 1.54) is 12.7 Å². The number of ether oxygens (including phenoxy) is 2. The lowest BCUT2D eigenvalue weighted by atomic mass is 9.96. The number of methoxy groups -OCH3 is 1. The lowest BCUT2D eigenvalue weighted by Gasteiger charge is -2.34. The second kappa shape index (κ2) is 8.83. The summed E-state index contributed by atoms with van der Waals surface area (Å²) in [6.45, 7) is 2.07. The number of esters is 1. The molecule has 2 aromatic carbocycles. The summed E-state index contributed by atoms with van der Waals surface area (Å²) >= 11 is 1.64. The van der Waals surface area contributed by atoms with Crippen LogP contribution in [0.3, 0.4) is 0 Å². The van der Waals surface area contributed by atoms with Crippen molar-refractivity contribution in [3.05, 3.63) is 78.1 Å². The Bertz CT molecular complexity index is 1320. The fraction of sp³-hybridized carbons (Fsp3) is 0.231. The Labute approximate surface area is 197 Å². The molecule has 7 heteroatoms. The first-order chi connectivity index (χ1) is 16.0. The summed E-state index contributed by atoms with van der Waals surface area (Å²) in [5, 5.41) is 0.956. The zero-order chi connectivity index (χ0) is 22.9. The number of anilines is 1. The first-order valence-electron chi connectivity index (χ1n) is 10.9. The van der Waals surface area contributed by atoms with Crippen molar-refractivity contribution in [3.63, 3.8) is 0 Å². The van der Waals surface area contributed by atoms with Crippen molar-refractivity contribution in [2.24, 2.45) is 0 Å². The molecule has 1 aliphatic heterocycles. The number of aryl methyl sites for hydroxylation is 2. The van der Waals surface area contributed by atoms with E-state index in [2.05, 4.69) is 40.1 Å². The van der Waals surface area contributed by atoms with E-state index in [1.54, 1.807) is 18.1 Å². The summed E-state index contributed by atoms with van der Waals surface area (Å²) in [4.78, 5) is 19.9. The van der Waals surface area contributed by atoms with E-state index in [1.807, 2.05) is 48.3 Å². The van der Waals surface area contributed by atoms with Crippen molar-refractivity contribution in [1.82, 2.24) is 8.96 Å². The molecule has 1 unspecified atom stereocenters. The molecule has 0 spiro atoms. The van der Waals surface area contributed by atoms with Crippen molar-refractivity contribution < 1.29 is 14.3 Å². The average molecular weight is 460 g/mol. The SMILES string of the molecule is COC(=O)C1CCc2ccc(Oc3ccnc4c3cc(C)n4Sc3ccccc3)cc2N1C. The third-order valence-electron chi connectivity index (χ3n) is 6.03. The lowest BCUT2D eigenvalue weighted by molar-refractivity contribution is -0.142. The Hall–Kier alpha value is -3.45. The minimum absolute atomic E-state index is 0.210.